The molecule has 1 aromatic carbocycles. The lowest BCUT2D eigenvalue weighted by Gasteiger charge is -2.34. The zero-order valence-corrected chi connectivity index (χ0v) is 11.4. The molecule has 0 bridgehead atoms. The topological polar surface area (TPSA) is 71.0 Å². The van der Waals surface area contributed by atoms with Crippen molar-refractivity contribution < 1.29 is 19.4 Å². The molecule has 1 saturated heterocycles. The zero-order valence-electron chi connectivity index (χ0n) is 11.4. The normalized spacial score (nSPS) is 25.1. The van der Waals surface area contributed by atoms with Gasteiger partial charge in [-0.1, -0.05) is 0 Å². The summed E-state index contributed by atoms with van der Waals surface area (Å²) in [7, 11) is 1.58. The van der Waals surface area contributed by atoms with Crippen LogP contribution < -0.4 is 10.2 Å². The third-order valence-electron chi connectivity index (χ3n) is 3.43. The first-order valence-corrected chi connectivity index (χ1v) is 5.94. The first kappa shape index (κ1) is 13.5. The number of carbonyl (C=O) groups excluding carboxylic acids is 1. The summed E-state index contributed by atoms with van der Waals surface area (Å²) in [4.78, 5) is 11.8. The number of nitrogens with zero attached hydrogens (tertiary/aromatic N) is 1. The maximum absolute atomic E-state index is 11.8. The molecule has 1 aromatic rings. The Bertz CT molecular complexity index is 482. The highest BCUT2D eigenvalue weighted by Gasteiger charge is 2.57. The molecular formula is C13H18N2O4. The molecule has 1 atom stereocenters. The molecule has 0 aromatic heterocycles. The van der Waals surface area contributed by atoms with Crippen molar-refractivity contribution in [3.05, 3.63) is 24.3 Å². The number of amides is 1. The number of hydrazine groups is 1. The van der Waals surface area contributed by atoms with Crippen LogP contribution in [0.25, 0.3) is 0 Å². The van der Waals surface area contributed by atoms with Crippen LogP contribution in [0.5, 0.6) is 5.75 Å². The van der Waals surface area contributed by atoms with Gasteiger partial charge in [0.2, 0.25) is 0 Å². The zero-order chi connectivity index (χ0) is 14.3. The fourth-order valence-electron chi connectivity index (χ4n) is 1.76. The number of methoxy groups -OCH3 is 1. The van der Waals surface area contributed by atoms with Gasteiger partial charge in [0, 0.05) is 0 Å². The fraction of sp³-hybridized carbons (Fsp3) is 0.462. The van der Waals surface area contributed by atoms with E-state index in [4.69, 9.17) is 9.47 Å². The third-order valence-corrected chi connectivity index (χ3v) is 3.43. The van der Waals surface area contributed by atoms with E-state index >= 15 is 0 Å². The average molecular weight is 266 g/mol. The molecule has 2 rings (SSSR count). The van der Waals surface area contributed by atoms with Crippen molar-refractivity contribution in [1.29, 1.82) is 0 Å². The molecule has 0 aliphatic carbocycles. The Kier molecular flexibility index (Phi) is 3.06. The van der Waals surface area contributed by atoms with Crippen molar-refractivity contribution in [2.75, 3.05) is 12.5 Å². The second-order valence-electron chi connectivity index (χ2n) is 5.07. The largest absolute Gasteiger partial charge is 0.497 e. The van der Waals surface area contributed by atoms with Crippen molar-refractivity contribution in [3.63, 3.8) is 0 Å². The van der Waals surface area contributed by atoms with Gasteiger partial charge in [-0.05, 0) is 45.0 Å². The first-order valence-electron chi connectivity index (χ1n) is 5.94. The summed E-state index contributed by atoms with van der Waals surface area (Å²) in [6.07, 6.45) is -0.620. The van der Waals surface area contributed by atoms with Crippen molar-refractivity contribution in [2.45, 2.75) is 32.1 Å². The molecule has 0 saturated carbocycles. The Hall–Kier alpha value is -1.95. The summed E-state index contributed by atoms with van der Waals surface area (Å²) < 4.78 is 10.2. The van der Waals surface area contributed by atoms with Gasteiger partial charge in [0.15, 0.2) is 11.3 Å². The lowest BCUT2D eigenvalue weighted by molar-refractivity contribution is -0.121. The van der Waals surface area contributed by atoms with E-state index in [2.05, 4.69) is 5.43 Å². The summed E-state index contributed by atoms with van der Waals surface area (Å²) in [5.41, 5.74) is 1.04. The van der Waals surface area contributed by atoms with Gasteiger partial charge in [0.1, 0.15) is 5.75 Å². The van der Waals surface area contributed by atoms with Crippen LogP contribution in [0.1, 0.15) is 20.8 Å². The number of hydrogen-bond acceptors (Lipinski definition) is 5. The highest BCUT2D eigenvalue weighted by Crippen LogP contribution is 2.36. The second-order valence-corrected chi connectivity index (χ2v) is 5.07. The molecule has 2 N–H and O–H groups in total. The number of aliphatic hydroxyl groups is 1. The number of carbonyl (C=O) groups is 1. The van der Waals surface area contributed by atoms with Gasteiger partial charge in [0.05, 0.1) is 12.8 Å². The molecule has 19 heavy (non-hydrogen) atoms. The van der Waals surface area contributed by atoms with E-state index in [-0.39, 0.29) is 0 Å². The molecule has 0 spiro atoms. The molecule has 104 valence electrons. The third kappa shape index (κ3) is 2.19. The van der Waals surface area contributed by atoms with Gasteiger partial charge < -0.3 is 14.6 Å². The SMILES string of the molecule is COc1ccc(NN2C(=O)OC(C)(C)[C@@]2(C)O)cc1. The van der Waals surface area contributed by atoms with E-state index in [1.165, 1.54) is 6.92 Å². The van der Waals surface area contributed by atoms with Gasteiger partial charge in [-0.3, -0.25) is 5.43 Å². The van der Waals surface area contributed by atoms with Crippen molar-refractivity contribution in [1.82, 2.24) is 5.01 Å². The summed E-state index contributed by atoms with van der Waals surface area (Å²) >= 11 is 0. The molecule has 1 heterocycles. The van der Waals surface area contributed by atoms with Crippen LogP contribution in [0, 0.1) is 0 Å². The highest BCUT2D eigenvalue weighted by atomic mass is 16.6. The monoisotopic (exact) mass is 266 g/mol. The van der Waals surface area contributed by atoms with E-state index in [1.54, 1.807) is 45.2 Å². The Balaban J connectivity index is 2.20. The Labute approximate surface area is 111 Å². The fourth-order valence-corrected chi connectivity index (χ4v) is 1.76. The first-order chi connectivity index (χ1) is 8.78. The summed E-state index contributed by atoms with van der Waals surface area (Å²) in [6.45, 7) is 4.83. The van der Waals surface area contributed by atoms with Crippen LogP contribution in [0.3, 0.4) is 0 Å². The molecule has 6 nitrogen and oxygen atoms in total. The summed E-state index contributed by atoms with van der Waals surface area (Å²) in [5, 5.41) is 11.5. The molecule has 0 radical (unpaired) electrons. The van der Waals surface area contributed by atoms with E-state index < -0.39 is 17.4 Å². The number of anilines is 1. The van der Waals surface area contributed by atoms with Crippen LogP contribution in [0.4, 0.5) is 10.5 Å². The number of hydrogen-bond donors (Lipinski definition) is 2. The highest BCUT2D eigenvalue weighted by molar-refractivity contribution is 5.74. The predicted octanol–water partition coefficient (Wildman–Crippen LogP) is 1.96. The Morgan fingerprint density at radius 1 is 1.26 bits per heavy atom. The molecule has 6 heteroatoms. The predicted molar refractivity (Wildman–Crippen MR) is 69.6 cm³/mol. The van der Waals surface area contributed by atoms with Crippen LogP contribution in [-0.4, -0.2) is 34.6 Å². The molecule has 1 aliphatic rings. The van der Waals surface area contributed by atoms with Crippen LogP contribution in [-0.2, 0) is 4.74 Å². The van der Waals surface area contributed by atoms with E-state index in [0.717, 1.165) is 5.01 Å². The van der Waals surface area contributed by atoms with Gasteiger partial charge in [-0.15, -0.1) is 0 Å². The Morgan fingerprint density at radius 2 is 1.84 bits per heavy atom. The van der Waals surface area contributed by atoms with Crippen LogP contribution >= 0.6 is 0 Å². The minimum Gasteiger partial charge on any atom is -0.497 e. The van der Waals surface area contributed by atoms with Crippen molar-refractivity contribution in [2.24, 2.45) is 0 Å². The number of cyclic esters (lactones) is 1. The number of rotatable bonds is 3. The minimum atomic E-state index is -1.45. The second kappa shape index (κ2) is 4.31. The van der Waals surface area contributed by atoms with E-state index in [0.29, 0.717) is 11.4 Å². The van der Waals surface area contributed by atoms with E-state index in [1.807, 2.05) is 0 Å². The van der Waals surface area contributed by atoms with E-state index in [9.17, 15) is 9.90 Å². The molecule has 1 amide bonds. The lowest BCUT2D eigenvalue weighted by Crippen LogP contribution is -2.55. The maximum atomic E-state index is 11.8. The molecule has 0 unspecified atom stereocenters. The maximum Gasteiger partial charge on any atom is 0.432 e. The van der Waals surface area contributed by atoms with Crippen LogP contribution in [0.2, 0.25) is 0 Å². The molecule has 1 aliphatic heterocycles. The number of ether oxygens (including phenoxy) is 2. The van der Waals surface area contributed by atoms with Gasteiger partial charge in [-0.2, -0.15) is 5.01 Å². The number of benzene rings is 1. The number of nitrogens with one attached hydrogen (secondary N) is 1. The van der Waals surface area contributed by atoms with Gasteiger partial charge >= 0.3 is 6.09 Å². The Morgan fingerprint density at radius 3 is 2.26 bits per heavy atom. The van der Waals surface area contributed by atoms with Gasteiger partial charge in [-0.25, -0.2) is 4.79 Å². The molecule has 1 fully saturated rings. The molecular weight excluding hydrogens is 248 g/mol. The minimum absolute atomic E-state index is 0.620. The average Bonchev–Trinajstić information content (AvgIpc) is 2.49. The van der Waals surface area contributed by atoms with Crippen LogP contribution in [0.15, 0.2) is 24.3 Å². The lowest BCUT2D eigenvalue weighted by atomic mass is 9.97. The summed E-state index contributed by atoms with van der Waals surface area (Å²) in [6, 6.07) is 6.99. The standard InChI is InChI=1S/C13H18N2O4/c1-12(2)13(3,17)15(11(16)19-12)14-9-5-7-10(18-4)8-6-9/h5-8,14,17H,1-4H3/t13-/m1/s1. The summed E-state index contributed by atoms with van der Waals surface area (Å²) in [5.74, 6) is 0.710. The smallest absolute Gasteiger partial charge is 0.432 e. The van der Waals surface area contributed by atoms with Crippen molar-refractivity contribution >= 4 is 11.8 Å². The quantitative estimate of drug-likeness (QED) is 0.875. The van der Waals surface area contributed by atoms with Gasteiger partial charge in [0.25, 0.3) is 0 Å². The van der Waals surface area contributed by atoms with Crippen molar-refractivity contribution in [3.8, 4) is 5.75 Å².